The largest absolute Gasteiger partial charge is 0.462 e. The molecule has 2 aromatic rings. The van der Waals surface area contributed by atoms with Gasteiger partial charge in [-0.25, -0.2) is 9.18 Å². The summed E-state index contributed by atoms with van der Waals surface area (Å²) in [5, 5.41) is 6.56. The minimum atomic E-state index is -0.375. The molecular weight excluding hydrogens is 327 g/mol. The average Bonchev–Trinajstić information content (AvgIpc) is 2.55. The smallest absolute Gasteiger partial charge is 0.338 e. The number of anilines is 1. The van der Waals surface area contributed by atoms with E-state index in [-0.39, 0.29) is 17.8 Å². The molecule has 0 amide bonds. The van der Waals surface area contributed by atoms with Crippen molar-refractivity contribution in [2.45, 2.75) is 19.9 Å². The molecular formula is C18H19FN2O2S. The van der Waals surface area contributed by atoms with Gasteiger partial charge in [-0.2, -0.15) is 0 Å². The molecule has 0 aromatic heterocycles. The fourth-order valence-corrected chi connectivity index (χ4v) is 2.43. The molecule has 0 radical (unpaired) electrons. The quantitative estimate of drug-likeness (QED) is 0.632. The van der Waals surface area contributed by atoms with Crippen molar-refractivity contribution in [2.24, 2.45) is 0 Å². The highest BCUT2D eigenvalue weighted by atomic mass is 32.1. The molecule has 0 saturated carbocycles. The zero-order valence-electron chi connectivity index (χ0n) is 13.5. The first-order chi connectivity index (χ1) is 11.5. The van der Waals surface area contributed by atoms with E-state index in [1.54, 1.807) is 43.3 Å². The number of carbonyl (C=O) groups excluding carboxylic acids is 1. The van der Waals surface area contributed by atoms with Crippen LogP contribution in [-0.4, -0.2) is 17.7 Å². The van der Waals surface area contributed by atoms with E-state index in [1.165, 1.54) is 12.1 Å². The molecule has 0 aliphatic heterocycles. The van der Waals surface area contributed by atoms with Crippen molar-refractivity contribution in [2.75, 3.05) is 11.9 Å². The lowest BCUT2D eigenvalue weighted by molar-refractivity contribution is 0.0526. The number of hydrogen-bond donors (Lipinski definition) is 2. The molecule has 0 heterocycles. The summed E-state index contributed by atoms with van der Waals surface area (Å²) in [6, 6.07) is 13.1. The number of carbonyl (C=O) groups is 1. The molecule has 1 atom stereocenters. The molecule has 2 N–H and O–H groups in total. The predicted molar refractivity (Wildman–Crippen MR) is 96.6 cm³/mol. The maximum atomic E-state index is 13.0. The van der Waals surface area contributed by atoms with Crippen LogP contribution in [0.4, 0.5) is 10.1 Å². The summed E-state index contributed by atoms with van der Waals surface area (Å²) in [4.78, 5) is 11.7. The Hall–Kier alpha value is -2.47. The van der Waals surface area contributed by atoms with Crippen LogP contribution in [0.25, 0.3) is 0 Å². The van der Waals surface area contributed by atoms with Crippen LogP contribution in [0.2, 0.25) is 0 Å². The van der Waals surface area contributed by atoms with Crippen LogP contribution < -0.4 is 10.6 Å². The molecule has 2 rings (SSSR count). The van der Waals surface area contributed by atoms with Gasteiger partial charge < -0.3 is 15.4 Å². The minimum absolute atomic E-state index is 0.0844. The normalized spacial score (nSPS) is 11.5. The number of rotatable bonds is 5. The van der Waals surface area contributed by atoms with Crippen LogP contribution in [0.3, 0.4) is 0 Å². The first-order valence-electron chi connectivity index (χ1n) is 7.59. The van der Waals surface area contributed by atoms with Crippen LogP contribution in [-0.2, 0) is 4.74 Å². The summed E-state index contributed by atoms with van der Waals surface area (Å²) in [5.41, 5.74) is 2.06. The fraction of sp³-hybridized carbons (Fsp3) is 0.222. The van der Waals surface area contributed by atoms with Crippen molar-refractivity contribution >= 4 is 29.0 Å². The Morgan fingerprint density at radius 1 is 1.25 bits per heavy atom. The van der Waals surface area contributed by atoms with Gasteiger partial charge in [0.2, 0.25) is 0 Å². The third-order valence-electron chi connectivity index (χ3n) is 3.35. The highest BCUT2D eigenvalue weighted by Crippen LogP contribution is 2.15. The van der Waals surface area contributed by atoms with Crippen molar-refractivity contribution in [1.29, 1.82) is 0 Å². The minimum Gasteiger partial charge on any atom is -0.462 e. The van der Waals surface area contributed by atoms with Gasteiger partial charge in [-0.1, -0.05) is 18.2 Å². The molecule has 0 unspecified atom stereocenters. The van der Waals surface area contributed by atoms with Gasteiger partial charge in [0.05, 0.1) is 18.2 Å². The van der Waals surface area contributed by atoms with E-state index >= 15 is 0 Å². The second kappa shape index (κ2) is 8.40. The van der Waals surface area contributed by atoms with Gasteiger partial charge in [0, 0.05) is 5.69 Å². The van der Waals surface area contributed by atoms with Crippen LogP contribution in [0.1, 0.15) is 35.8 Å². The van der Waals surface area contributed by atoms with E-state index < -0.39 is 0 Å². The predicted octanol–water partition coefficient (Wildman–Crippen LogP) is 4.05. The molecule has 4 nitrogen and oxygen atoms in total. The lowest BCUT2D eigenvalue weighted by Crippen LogP contribution is -2.30. The van der Waals surface area contributed by atoms with Crippen molar-refractivity contribution in [3.63, 3.8) is 0 Å². The summed E-state index contributed by atoms with van der Waals surface area (Å²) >= 11 is 5.29. The van der Waals surface area contributed by atoms with Gasteiger partial charge in [0.1, 0.15) is 5.82 Å². The van der Waals surface area contributed by atoms with E-state index in [4.69, 9.17) is 17.0 Å². The maximum absolute atomic E-state index is 13.0. The second-order valence-corrected chi connectivity index (χ2v) is 5.58. The molecule has 6 heteroatoms. The molecule has 2 aromatic carbocycles. The van der Waals surface area contributed by atoms with Crippen LogP contribution in [0.15, 0.2) is 48.5 Å². The monoisotopic (exact) mass is 346 g/mol. The standard InChI is InChI=1S/C18H19FN2O2S/c1-3-23-17(22)14-5-4-6-16(11-14)21-18(24)20-12(2)13-7-9-15(19)10-8-13/h4-12H,3H2,1-2H3,(H2,20,21,24)/t12-/m1/s1. The Balaban J connectivity index is 1.98. The molecule has 24 heavy (non-hydrogen) atoms. The second-order valence-electron chi connectivity index (χ2n) is 5.17. The van der Waals surface area contributed by atoms with Crippen molar-refractivity contribution in [3.05, 3.63) is 65.5 Å². The third kappa shape index (κ3) is 5.03. The first-order valence-corrected chi connectivity index (χ1v) is 8.00. The van der Waals surface area contributed by atoms with E-state index in [2.05, 4.69) is 10.6 Å². The average molecular weight is 346 g/mol. The SMILES string of the molecule is CCOC(=O)c1cccc(NC(=S)N[C@H](C)c2ccc(F)cc2)c1. The number of thiocarbonyl (C=S) groups is 1. The Kier molecular flexibility index (Phi) is 6.26. The van der Waals surface area contributed by atoms with Gasteiger partial charge >= 0.3 is 5.97 Å². The van der Waals surface area contributed by atoms with E-state index in [0.717, 1.165) is 5.56 Å². The number of halogens is 1. The Labute approximate surface area is 146 Å². The third-order valence-corrected chi connectivity index (χ3v) is 3.57. The van der Waals surface area contributed by atoms with Gasteiger partial charge in [-0.3, -0.25) is 0 Å². The summed E-state index contributed by atoms with van der Waals surface area (Å²) in [6.45, 7) is 4.01. The Morgan fingerprint density at radius 2 is 1.96 bits per heavy atom. The molecule has 0 bridgehead atoms. The van der Waals surface area contributed by atoms with E-state index in [9.17, 15) is 9.18 Å². The summed E-state index contributed by atoms with van der Waals surface area (Å²) in [6.07, 6.45) is 0. The summed E-state index contributed by atoms with van der Waals surface area (Å²) in [7, 11) is 0. The summed E-state index contributed by atoms with van der Waals surface area (Å²) in [5.74, 6) is -0.651. The summed E-state index contributed by atoms with van der Waals surface area (Å²) < 4.78 is 17.9. The van der Waals surface area contributed by atoms with Crippen molar-refractivity contribution in [1.82, 2.24) is 5.32 Å². The van der Waals surface area contributed by atoms with Crippen molar-refractivity contribution < 1.29 is 13.9 Å². The number of ether oxygens (including phenoxy) is 1. The lowest BCUT2D eigenvalue weighted by atomic mass is 10.1. The number of nitrogens with one attached hydrogen (secondary N) is 2. The molecule has 0 spiro atoms. The zero-order chi connectivity index (χ0) is 17.5. The van der Waals surface area contributed by atoms with Crippen LogP contribution in [0, 0.1) is 5.82 Å². The highest BCUT2D eigenvalue weighted by Gasteiger charge is 2.09. The molecule has 0 fully saturated rings. The number of hydrogen-bond acceptors (Lipinski definition) is 3. The van der Waals surface area contributed by atoms with Crippen molar-refractivity contribution in [3.8, 4) is 0 Å². The van der Waals surface area contributed by atoms with E-state index in [1.807, 2.05) is 6.92 Å². The van der Waals surface area contributed by atoms with Gasteiger partial charge in [-0.15, -0.1) is 0 Å². The first kappa shape index (κ1) is 17.9. The number of esters is 1. The molecule has 0 aliphatic carbocycles. The van der Waals surface area contributed by atoms with E-state index in [0.29, 0.717) is 23.0 Å². The molecule has 126 valence electrons. The van der Waals surface area contributed by atoms with Crippen LogP contribution >= 0.6 is 12.2 Å². The Bertz CT molecular complexity index is 719. The maximum Gasteiger partial charge on any atom is 0.338 e. The fourth-order valence-electron chi connectivity index (χ4n) is 2.14. The highest BCUT2D eigenvalue weighted by molar-refractivity contribution is 7.80. The van der Waals surface area contributed by atoms with Crippen LogP contribution in [0.5, 0.6) is 0 Å². The molecule has 0 saturated heterocycles. The van der Waals surface area contributed by atoms with Gasteiger partial charge in [0.25, 0.3) is 0 Å². The Morgan fingerprint density at radius 3 is 2.62 bits per heavy atom. The number of benzene rings is 2. The topological polar surface area (TPSA) is 50.4 Å². The molecule has 0 aliphatic rings. The zero-order valence-corrected chi connectivity index (χ0v) is 14.3. The van der Waals surface area contributed by atoms with Gasteiger partial charge in [-0.05, 0) is 62.0 Å². The van der Waals surface area contributed by atoms with Gasteiger partial charge in [0.15, 0.2) is 5.11 Å². The lowest BCUT2D eigenvalue weighted by Gasteiger charge is -2.17.